The van der Waals surface area contributed by atoms with Gasteiger partial charge in [0.2, 0.25) is 0 Å². The Morgan fingerprint density at radius 2 is 2.24 bits per heavy atom. The Morgan fingerprint density at radius 3 is 2.86 bits per heavy atom. The van der Waals surface area contributed by atoms with E-state index in [9.17, 15) is 9.00 Å². The first kappa shape index (κ1) is 16.2. The molecule has 1 aliphatic carbocycles. The predicted octanol–water partition coefficient (Wildman–Crippen LogP) is 1.57. The normalized spacial score (nSPS) is 19.1. The molecule has 0 aliphatic heterocycles. The van der Waals surface area contributed by atoms with Gasteiger partial charge < -0.3 is 0 Å². The molecule has 1 aliphatic rings. The number of carbonyl (C=O) groups excluding carboxylic acids is 1. The maximum atomic E-state index is 11.5. The monoisotopic (exact) mass is 313 g/mol. The van der Waals surface area contributed by atoms with Gasteiger partial charge in [-0.3, -0.25) is 18.9 Å². The Balaban J connectivity index is 1.92. The Kier molecular flexibility index (Phi) is 5.93. The van der Waals surface area contributed by atoms with Crippen LogP contribution in [-0.4, -0.2) is 36.6 Å². The second kappa shape index (κ2) is 7.70. The van der Waals surface area contributed by atoms with Crippen LogP contribution in [0.5, 0.6) is 0 Å². The fourth-order valence-electron chi connectivity index (χ4n) is 2.92. The molecule has 0 aromatic carbocycles. The summed E-state index contributed by atoms with van der Waals surface area (Å²) in [6, 6.07) is 0. The second-order valence-corrected chi connectivity index (χ2v) is 7.19. The number of hydrogen-bond acceptors (Lipinski definition) is 4. The highest BCUT2D eigenvalue weighted by molar-refractivity contribution is 7.85. The minimum atomic E-state index is -1.32. The third kappa shape index (κ3) is 4.38. The van der Waals surface area contributed by atoms with E-state index in [1.165, 1.54) is 43.9 Å². The number of nitrogens with one attached hydrogen (secondary N) is 1. The zero-order valence-electron chi connectivity index (χ0n) is 12.3. The summed E-state index contributed by atoms with van der Waals surface area (Å²) >= 11 is 0. The van der Waals surface area contributed by atoms with Crippen molar-refractivity contribution < 1.29 is 14.2 Å². The molecule has 2 atom stereocenters. The van der Waals surface area contributed by atoms with Crippen molar-refractivity contribution in [2.24, 2.45) is 0 Å². The van der Waals surface area contributed by atoms with Crippen molar-refractivity contribution in [2.45, 2.75) is 56.2 Å². The summed E-state index contributed by atoms with van der Waals surface area (Å²) in [5, 5.41) is 12.3. The molecule has 2 N–H and O–H groups in total. The van der Waals surface area contributed by atoms with Crippen molar-refractivity contribution in [1.29, 1.82) is 0 Å². The first-order valence-corrected chi connectivity index (χ1v) is 9.02. The van der Waals surface area contributed by atoms with Crippen LogP contribution in [-0.2, 0) is 22.1 Å². The summed E-state index contributed by atoms with van der Waals surface area (Å²) in [5.74, 6) is -0.000150. The van der Waals surface area contributed by atoms with Crippen LogP contribution in [0.3, 0.4) is 0 Å². The molecule has 1 heterocycles. The number of aromatic nitrogens is 2. The van der Waals surface area contributed by atoms with Gasteiger partial charge in [-0.05, 0) is 30.7 Å². The minimum absolute atomic E-state index is 0.390. The first-order valence-electron chi connectivity index (χ1n) is 7.40. The third-order valence-corrected chi connectivity index (χ3v) is 5.40. The lowest BCUT2D eigenvalue weighted by atomic mass is 9.86. The van der Waals surface area contributed by atoms with Crippen molar-refractivity contribution in [3.05, 3.63) is 18.0 Å². The maximum absolute atomic E-state index is 11.5. The lowest BCUT2D eigenvalue weighted by Gasteiger charge is -2.19. The molecule has 1 saturated carbocycles. The van der Waals surface area contributed by atoms with E-state index in [2.05, 4.69) is 5.10 Å². The van der Waals surface area contributed by atoms with Crippen LogP contribution in [0.2, 0.25) is 0 Å². The Labute approximate surface area is 127 Å². The fourth-order valence-corrected chi connectivity index (χ4v) is 3.71. The van der Waals surface area contributed by atoms with Crippen LogP contribution in [0, 0.1) is 0 Å². The summed E-state index contributed by atoms with van der Waals surface area (Å²) < 4.78 is 13.3. The predicted molar refractivity (Wildman–Crippen MR) is 80.5 cm³/mol. The number of hydroxylamine groups is 1. The van der Waals surface area contributed by atoms with Crippen LogP contribution < -0.4 is 5.48 Å². The molecule has 0 spiro atoms. The smallest absolute Gasteiger partial charge is 0.259 e. The summed E-state index contributed by atoms with van der Waals surface area (Å²) in [5.41, 5.74) is 2.84. The Hall–Kier alpha value is -1.21. The van der Waals surface area contributed by atoms with Gasteiger partial charge in [0.25, 0.3) is 5.91 Å². The molecule has 7 heteroatoms. The molecule has 1 fully saturated rings. The summed E-state index contributed by atoms with van der Waals surface area (Å²) in [7, 11) is -1.32. The summed E-state index contributed by atoms with van der Waals surface area (Å²) in [6.07, 6.45) is 12.1. The number of carbonyl (C=O) groups is 1. The van der Waals surface area contributed by atoms with Crippen LogP contribution in [0.25, 0.3) is 0 Å². The molecule has 1 amide bonds. The van der Waals surface area contributed by atoms with Gasteiger partial charge >= 0.3 is 0 Å². The van der Waals surface area contributed by atoms with Crippen LogP contribution in [0.1, 0.15) is 50.0 Å². The summed E-state index contributed by atoms with van der Waals surface area (Å²) in [4.78, 5) is 11.4. The average Bonchev–Trinajstić information content (AvgIpc) is 2.96. The van der Waals surface area contributed by atoms with Gasteiger partial charge in [0.1, 0.15) is 5.25 Å². The molecule has 21 heavy (non-hydrogen) atoms. The zero-order valence-corrected chi connectivity index (χ0v) is 13.1. The molecular formula is C14H23N3O3S. The maximum Gasteiger partial charge on any atom is 0.259 e. The van der Waals surface area contributed by atoms with E-state index in [1.54, 1.807) is 10.2 Å². The second-order valence-electron chi connectivity index (χ2n) is 5.62. The highest BCUT2D eigenvalue weighted by Crippen LogP contribution is 2.32. The molecular weight excluding hydrogens is 290 g/mol. The Morgan fingerprint density at radius 1 is 1.52 bits per heavy atom. The van der Waals surface area contributed by atoms with Crippen LogP contribution >= 0.6 is 0 Å². The van der Waals surface area contributed by atoms with Crippen molar-refractivity contribution >= 4 is 16.7 Å². The van der Waals surface area contributed by atoms with Gasteiger partial charge in [0, 0.05) is 29.8 Å². The number of aryl methyl sites for hydroxylation is 1. The molecule has 1 aromatic heterocycles. The largest absolute Gasteiger partial charge is 0.289 e. The topological polar surface area (TPSA) is 84.2 Å². The number of nitrogens with zero attached hydrogens (tertiary/aromatic N) is 2. The molecule has 118 valence electrons. The van der Waals surface area contributed by atoms with E-state index < -0.39 is 22.0 Å². The third-order valence-electron chi connectivity index (χ3n) is 4.15. The van der Waals surface area contributed by atoms with Gasteiger partial charge in [-0.15, -0.1) is 0 Å². The molecule has 2 unspecified atom stereocenters. The van der Waals surface area contributed by atoms with E-state index in [-0.39, 0.29) is 0 Å². The minimum Gasteiger partial charge on any atom is -0.289 e. The van der Waals surface area contributed by atoms with Gasteiger partial charge in [-0.1, -0.05) is 19.3 Å². The van der Waals surface area contributed by atoms with E-state index in [4.69, 9.17) is 5.21 Å². The first-order chi connectivity index (χ1) is 10.1. The Bertz CT molecular complexity index is 497. The molecule has 6 nitrogen and oxygen atoms in total. The van der Waals surface area contributed by atoms with Gasteiger partial charge in [0.15, 0.2) is 0 Å². The standard InChI is InChI=1S/C14H23N3O3S/c1-21(20)13(14(18)16-19)7-8-17-10-12(9-15-17)11-5-3-2-4-6-11/h9-11,13,19H,2-8H2,1H3,(H,16,18). The average molecular weight is 313 g/mol. The number of amides is 1. The van der Waals surface area contributed by atoms with Gasteiger partial charge in [-0.25, -0.2) is 5.48 Å². The SMILES string of the molecule is CS(=O)C(CCn1cc(C2CCCCC2)cn1)C(=O)NO. The fraction of sp³-hybridized carbons (Fsp3) is 0.714. The molecule has 2 rings (SSSR count). The summed E-state index contributed by atoms with van der Waals surface area (Å²) in [6.45, 7) is 0.518. The van der Waals surface area contributed by atoms with E-state index in [0.29, 0.717) is 18.9 Å². The van der Waals surface area contributed by atoms with Crippen molar-refractivity contribution in [2.75, 3.05) is 6.26 Å². The van der Waals surface area contributed by atoms with E-state index >= 15 is 0 Å². The van der Waals surface area contributed by atoms with Crippen molar-refractivity contribution in [3.63, 3.8) is 0 Å². The van der Waals surface area contributed by atoms with Gasteiger partial charge in [-0.2, -0.15) is 5.10 Å². The number of rotatable bonds is 6. The molecule has 0 radical (unpaired) electrons. The molecule has 0 bridgehead atoms. The molecule has 0 saturated heterocycles. The highest BCUT2D eigenvalue weighted by atomic mass is 32.2. The number of hydrogen-bond donors (Lipinski definition) is 2. The van der Waals surface area contributed by atoms with Crippen LogP contribution in [0.15, 0.2) is 12.4 Å². The molecule has 1 aromatic rings. The van der Waals surface area contributed by atoms with Gasteiger partial charge in [0.05, 0.1) is 6.20 Å². The van der Waals surface area contributed by atoms with Crippen molar-refractivity contribution in [1.82, 2.24) is 15.3 Å². The lowest BCUT2D eigenvalue weighted by molar-refractivity contribution is -0.128. The van der Waals surface area contributed by atoms with Crippen LogP contribution in [0.4, 0.5) is 0 Å². The van der Waals surface area contributed by atoms with Crippen molar-refractivity contribution in [3.8, 4) is 0 Å². The van der Waals surface area contributed by atoms with E-state index in [0.717, 1.165) is 0 Å². The quantitative estimate of drug-likeness (QED) is 0.617. The lowest BCUT2D eigenvalue weighted by Crippen LogP contribution is -2.36. The van der Waals surface area contributed by atoms with E-state index in [1.807, 2.05) is 12.4 Å². The zero-order chi connectivity index (χ0) is 15.2. The highest BCUT2D eigenvalue weighted by Gasteiger charge is 2.22.